The Hall–Kier alpha value is -4.90. The summed E-state index contributed by atoms with van der Waals surface area (Å²) in [4.78, 5) is 12.2. The number of fused-ring (bicyclic) bond motifs is 1. The summed E-state index contributed by atoms with van der Waals surface area (Å²) >= 11 is 0. The number of benzene rings is 2. The predicted molar refractivity (Wildman–Crippen MR) is 116 cm³/mol. The van der Waals surface area contributed by atoms with Gasteiger partial charge in [0.2, 0.25) is 6.20 Å². The molecule has 32 heavy (non-hydrogen) atoms. The van der Waals surface area contributed by atoms with Crippen LogP contribution in [0.2, 0.25) is 0 Å². The highest BCUT2D eigenvalue weighted by Crippen LogP contribution is 2.38. The largest absolute Gasteiger partial charge is 0.619 e. The number of rotatable bonds is 5. The zero-order valence-corrected chi connectivity index (χ0v) is 16.6. The third-order valence-electron chi connectivity index (χ3n) is 4.64. The minimum atomic E-state index is 0.357. The summed E-state index contributed by atoms with van der Waals surface area (Å²) < 4.78 is 12.7. The molecule has 8 nitrogen and oxygen atoms in total. The number of H-pyrrole nitrogens is 1. The van der Waals surface area contributed by atoms with Crippen molar-refractivity contribution in [1.82, 2.24) is 15.0 Å². The van der Waals surface area contributed by atoms with E-state index >= 15 is 0 Å². The zero-order valence-electron chi connectivity index (χ0n) is 16.6. The standard InChI is InChI=1S/C24H15N5O3/c25-14-16-6-8-17(9-7-16)31-22-12-20-21(28-24(27-20)19-5-1-2-10-26-19)13-23(22)32-18-4-3-11-29(30)15-18/h1-13,15H,(H,27,28). The van der Waals surface area contributed by atoms with Crippen molar-refractivity contribution < 1.29 is 14.2 Å². The van der Waals surface area contributed by atoms with E-state index in [1.807, 2.05) is 18.2 Å². The second-order valence-corrected chi connectivity index (χ2v) is 6.86. The lowest BCUT2D eigenvalue weighted by Crippen LogP contribution is -2.23. The van der Waals surface area contributed by atoms with E-state index in [4.69, 9.17) is 14.7 Å². The van der Waals surface area contributed by atoms with Gasteiger partial charge in [-0.25, -0.2) is 4.98 Å². The Labute approximate surface area is 182 Å². The van der Waals surface area contributed by atoms with Crippen LogP contribution in [0.1, 0.15) is 5.56 Å². The topological polar surface area (TPSA) is 111 Å². The van der Waals surface area contributed by atoms with Crippen LogP contribution >= 0.6 is 0 Å². The summed E-state index contributed by atoms with van der Waals surface area (Å²) in [5, 5.41) is 20.7. The van der Waals surface area contributed by atoms with E-state index in [1.54, 1.807) is 54.7 Å². The van der Waals surface area contributed by atoms with Crippen molar-refractivity contribution in [3.05, 3.63) is 96.1 Å². The molecule has 0 saturated carbocycles. The molecule has 0 bridgehead atoms. The SMILES string of the molecule is N#Cc1ccc(Oc2cc3nc(-c4ccccn4)[nH]c3cc2Oc2ccc[n+]([O-])c2)cc1. The van der Waals surface area contributed by atoms with E-state index in [0.29, 0.717) is 50.3 Å². The molecule has 0 spiro atoms. The summed E-state index contributed by atoms with van der Waals surface area (Å²) in [5.74, 6) is 2.29. The van der Waals surface area contributed by atoms with Crippen molar-refractivity contribution in [2.24, 2.45) is 0 Å². The van der Waals surface area contributed by atoms with Crippen LogP contribution in [0, 0.1) is 16.5 Å². The second-order valence-electron chi connectivity index (χ2n) is 6.86. The molecule has 5 rings (SSSR count). The molecule has 5 aromatic rings. The van der Waals surface area contributed by atoms with E-state index < -0.39 is 0 Å². The minimum Gasteiger partial charge on any atom is -0.619 e. The number of ether oxygens (including phenoxy) is 2. The Morgan fingerprint density at radius 2 is 1.75 bits per heavy atom. The van der Waals surface area contributed by atoms with Gasteiger partial charge in [-0.15, -0.1) is 0 Å². The van der Waals surface area contributed by atoms with Gasteiger partial charge < -0.3 is 19.7 Å². The van der Waals surface area contributed by atoms with E-state index in [9.17, 15) is 5.21 Å². The summed E-state index contributed by atoms with van der Waals surface area (Å²) in [7, 11) is 0. The minimum absolute atomic E-state index is 0.357. The van der Waals surface area contributed by atoms with Crippen molar-refractivity contribution in [2.45, 2.75) is 0 Å². The van der Waals surface area contributed by atoms with Gasteiger partial charge in [-0.05, 0) is 42.5 Å². The molecular formula is C24H15N5O3. The fourth-order valence-corrected chi connectivity index (χ4v) is 3.15. The van der Waals surface area contributed by atoms with Crippen LogP contribution in [0.25, 0.3) is 22.6 Å². The number of hydrogen-bond donors (Lipinski definition) is 1. The number of hydrogen-bond acceptors (Lipinski definition) is 6. The first kappa shape index (κ1) is 19.1. The van der Waals surface area contributed by atoms with Gasteiger partial charge in [0.15, 0.2) is 29.3 Å². The molecule has 0 unspecified atom stereocenters. The number of aromatic nitrogens is 4. The first-order valence-corrected chi connectivity index (χ1v) is 9.68. The smallest absolute Gasteiger partial charge is 0.223 e. The fraction of sp³-hybridized carbons (Fsp3) is 0. The number of pyridine rings is 2. The quantitative estimate of drug-likeness (QED) is 0.325. The van der Waals surface area contributed by atoms with Crippen LogP contribution in [-0.4, -0.2) is 15.0 Å². The highest BCUT2D eigenvalue weighted by molar-refractivity contribution is 5.83. The fourth-order valence-electron chi connectivity index (χ4n) is 3.15. The van der Waals surface area contributed by atoms with Gasteiger partial charge in [0.05, 0.1) is 22.7 Å². The third kappa shape index (κ3) is 3.91. The highest BCUT2D eigenvalue weighted by Gasteiger charge is 2.15. The lowest BCUT2D eigenvalue weighted by atomic mass is 10.2. The lowest BCUT2D eigenvalue weighted by molar-refractivity contribution is -0.605. The lowest BCUT2D eigenvalue weighted by Gasteiger charge is -2.12. The maximum Gasteiger partial charge on any atom is 0.223 e. The van der Waals surface area contributed by atoms with E-state index in [-0.39, 0.29) is 0 Å². The third-order valence-corrected chi connectivity index (χ3v) is 4.64. The molecule has 0 saturated heterocycles. The zero-order chi connectivity index (χ0) is 21.9. The van der Waals surface area contributed by atoms with Gasteiger partial charge in [-0.3, -0.25) is 4.98 Å². The molecule has 3 heterocycles. The van der Waals surface area contributed by atoms with Crippen LogP contribution < -0.4 is 14.2 Å². The number of nitriles is 1. The predicted octanol–water partition coefficient (Wildman–Crippen LogP) is 4.71. The molecular weight excluding hydrogens is 406 g/mol. The van der Waals surface area contributed by atoms with E-state index in [1.165, 1.54) is 12.4 Å². The average Bonchev–Trinajstić information content (AvgIpc) is 3.23. The van der Waals surface area contributed by atoms with Gasteiger partial charge in [0.1, 0.15) is 11.4 Å². The summed E-state index contributed by atoms with van der Waals surface area (Å²) in [5.41, 5.74) is 2.62. The van der Waals surface area contributed by atoms with Crippen LogP contribution in [-0.2, 0) is 0 Å². The van der Waals surface area contributed by atoms with E-state index in [2.05, 4.69) is 21.0 Å². The van der Waals surface area contributed by atoms with E-state index in [0.717, 1.165) is 5.52 Å². The Balaban J connectivity index is 1.58. The summed E-state index contributed by atoms with van der Waals surface area (Å²) in [6.07, 6.45) is 4.39. The summed E-state index contributed by atoms with van der Waals surface area (Å²) in [6, 6.07) is 21.2. The first-order chi connectivity index (χ1) is 15.7. The van der Waals surface area contributed by atoms with Crippen molar-refractivity contribution in [2.75, 3.05) is 0 Å². The number of nitrogens with one attached hydrogen (secondary N) is 1. The molecule has 2 aromatic carbocycles. The van der Waals surface area contributed by atoms with Crippen LogP contribution in [0.3, 0.4) is 0 Å². The molecule has 0 aliphatic rings. The Morgan fingerprint density at radius 1 is 0.938 bits per heavy atom. The van der Waals surface area contributed by atoms with Crippen molar-refractivity contribution in [3.63, 3.8) is 0 Å². The molecule has 0 aliphatic heterocycles. The molecule has 8 heteroatoms. The molecule has 154 valence electrons. The number of aromatic amines is 1. The maximum absolute atomic E-state index is 11.6. The summed E-state index contributed by atoms with van der Waals surface area (Å²) in [6.45, 7) is 0. The van der Waals surface area contributed by atoms with Crippen molar-refractivity contribution >= 4 is 11.0 Å². The number of imidazole rings is 1. The Bertz CT molecular complexity index is 1440. The highest BCUT2D eigenvalue weighted by atomic mass is 16.5. The number of nitrogens with zero attached hydrogens (tertiary/aromatic N) is 4. The molecule has 0 amide bonds. The molecule has 0 radical (unpaired) electrons. The van der Waals surface area contributed by atoms with Gasteiger partial charge in [-0.1, -0.05) is 6.07 Å². The van der Waals surface area contributed by atoms with Crippen LogP contribution in [0.4, 0.5) is 0 Å². The van der Waals surface area contributed by atoms with Crippen molar-refractivity contribution in [3.8, 4) is 40.6 Å². The van der Waals surface area contributed by atoms with Gasteiger partial charge >= 0.3 is 0 Å². The van der Waals surface area contributed by atoms with Gasteiger partial charge in [0.25, 0.3) is 0 Å². The maximum atomic E-state index is 11.6. The van der Waals surface area contributed by atoms with Crippen LogP contribution in [0.5, 0.6) is 23.0 Å². The molecule has 1 N–H and O–H groups in total. The molecule has 0 aliphatic carbocycles. The van der Waals surface area contributed by atoms with Crippen molar-refractivity contribution in [1.29, 1.82) is 5.26 Å². The Morgan fingerprint density at radius 3 is 2.50 bits per heavy atom. The second kappa shape index (κ2) is 8.08. The van der Waals surface area contributed by atoms with Gasteiger partial charge in [-0.2, -0.15) is 9.99 Å². The molecule has 0 atom stereocenters. The van der Waals surface area contributed by atoms with Crippen LogP contribution in [0.15, 0.2) is 85.3 Å². The average molecular weight is 421 g/mol. The normalized spacial score (nSPS) is 10.6. The first-order valence-electron chi connectivity index (χ1n) is 9.68. The molecule has 3 aromatic heterocycles. The molecule has 0 fully saturated rings. The monoisotopic (exact) mass is 421 g/mol. The van der Waals surface area contributed by atoms with Gasteiger partial charge in [0, 0.05) is 24.4 Å². The Kier molecular flexibility index (Phi) is 4.82.